The average molecular weight is 331 g/mol. The van der Waals surface area contributed by atoms with E-state index in [9.17, 15) is 9.59 Å². The van der Waals surface area contributed by atoms with E-state index < -0.39 is 11.9 Å². The first-order chi connectivity index (χ1) is 11.6. The summed E-state index contributed by atoms with van der Waals surface area (Å²) in [5.74, 6) is -1.25. The molecule has 3 rings (SSSR count). The zero-order valence-electron chi connectivity index (χ0n) is 13.9. The molecule has 2 saturated heterocycles. The monoisotopic (exact) mass is 331 g/mol. The van der Waals surface area contributed by atoms with Crippen molar-refractivity contribution < 1.29 is 14.7 Å². The fourth-order valence-corrected chi connectivity index (χ4v) is 3.53. The highest BCUT2D eigenvalue weighted by Crippen LogP contribution is 2.24. The first kappa shape index (κ1) is 16.6. The van der Waals surface area contributed by atoms with Crippen molar-refractivity contribution in [2.75, 3.05) is 31.1 Å². The minimum absolute atomic E-state index is 0.174. The second kappa shape index (κ2) is 7.55. The standard InChI is InChI=1S/C18H25N3O3/c22-17(23)15-8-11-21(13-15)18(24)19-12-14-6-2-3-7-16(14)20-9-4-1-5-10-20/h2-3,6-7,15H,1,4-5,8-13H2,(H,19,24)(H,22,23). The van der Waals surface area contributed by atoms with E-state index in [-0.39, 0.29) is 6.03 Å². The second-order valence-electron chi connectivity index (χ2n) is 6.60. The van der Waals surface area contributed by atoms with E-state index in [2.05, 4.69) is 16.3 Å². The summed E-state index contributed by atoms with van der Waals surface area (Å²) < 4.78 is 0. The van der Waals surface area contributed by atoms with Gasteiger partial charge in [-0.15, -0.1) is 0 Å². The number of nitrogens with one attached hydrogen (secondary N) is 1. The number of carboxylic acid groups (broad SMARTS) is 1. The summed E-state index contributed by atoms with van der Waals surface area (Å²) in [4.78, 5) is 27.3. The van der Waals surface area contributed by atoms with E-state index in [1.165, 1.54) is 24.9 Å². The molecule has 1 unspecified atom stereocenters. The van der Waals surface area contributed by atoms with Crippen molar-refractivity contribution in [1.82, 2.24) is 10.2 Å². The minimum atomic E-state index is -0.819. The highest BCUT2D eigenvalue weighted by atomic mass is 16.4. The number of carboxylic acids is 1. The number of hydrogen-bond donors (Lipinski definition) is 2. The third-order valence-electron chi connectivity index (χ3n) is 4.94. The molecule has 0 aliphatic carbocycles. The molecule has 130 valence electrons. The molecule has 1 aromatic rings. The Labute approximate surface area is 142 Å². The fourth-order valence-electron chi connectivity index (χ4n) is 3.53. The van der Waals surface area contributed by atoms with Gasteiger partial charge in [0.25, 0.3) is 0 Å². The van der Waals surface area contributed by atoms with Gasteiger partial charge in [0.15, 0.2) is 0 Å². The van der Waals surface area contributed by atoms with Crippen LogP contribution in [-0.4, -0.2) is 48.2 Å². The third-order valence-corrected chi connectivity index (χ3v) is 4.94. The van der Waals surface area contributed by atoms with Crippen molar-refractivity contribution in [2.24, 2.45) is 5.92 Å². The number of aliphatic carboxylic acids is 1. The first-order valence-electron chi connectivity index (χ1n) is 8.73. The molecule has 2 aliphatic heterocycles. The molecular formula is C18H25N3O3. The molecule has 6 heteroatoms. The molecule has 0 aromatic heterocycles. The topological polar surface area (TPSA) is 72.9 Å². The summed E-state index contributed by atoms with van der Waals surface area (Å²) in [5.41, 5.74) is 2.31. The number of likely N-dealkylation sites (tertiary alicyclic amines) is 1. The van der Waals surface area contributed by atoms with Crippen LogP contribution in [0.4, 0.5) is 10.5 Å². The van der Waals surface area contributed by atoms with E-state index in [1.54, 1.807) is 4.90 Å². The summed E-state index contributed by atoms with van der Waals surface area (Å²) >= 11 is 0. The number of nitrogens with zero attached hydrogens (tertiary/aromatic N) is 2. The summed E-state index contributed by atoms with van der Waals surface area (Å²) in [7, 11) is 0. The van der Waals surface area contributed by atoms with Crippen LogP contribution >= 0.6 is 0 Å². The van der Waals surface area contributed by atoms with Crippen LogP contribution in [0.15, 0.2) is 24.3 Å². The molecule has 2 aliphatic rings. The Bertz CT molecular complexity index is 599. The molecule has 24 heavy (non-hydrogen) atoms. The number of rotatable bonds is 4. The molecule has 0 saturated carbocycles. The van der Waals surface area contributed by atoms with Gasteiger partial charge in [0.2, 0.25) is 0 Å². The summed E-state index contributed by atoms with van der Waals surface area (Å²) in [6, 6.07) is 8.02. The SMILES string of the molecule is O=C(O)C1CCN(C(=O)NCc2ccccc2N2CCCCC2)C1. The van der Waals surface area contributed by atoms with E-state index in [4.69, 9.17) is 5.11 Å². The lowest BCUT2D eigenvalue weighted by Gasteiger charge is -2.30. The van der Waals surface area contributed by atoms with Crippen LogP contribution in [0.5, 0.6) is 0 Å². The predicted octanol–water partition coefficient (Wildman–Crippen LogP) is 2.29. The van der Waals surface area contributed by atoms with E-state index in [0.717, 1.165) is 18.7 Å². The quantitative estimate of drug-likeness (QED) is 0.888. The van der Waals surface area contributed by atoms with Crippen molar-refractivity contribution in [3.63, 3.8) is 0 Å². The van der Waals surface area contributed by atoms with Crippen molar-refractivity contribution in [3.8, 4) is 0 Å². The highest BCUT2D eigenvalue weighted by Gasteiger charge is 2.30. The number of benzene rings is 1. The van der Waals surface area contributed by atoms with Gasteiger partial charge >= 0.3 is 12.0 Å². The molecule has 1 aromatic carbocycles. The maximum atomic E-state index is 12.3. The number of piperidine rings is 1. The minimum Gasteiger partial charge on any atom is -0.481 e. The predicted molar refractivity (Wildman–Crippen MR) is 92.1 cm³/mol. The van der Waals surface area contributed by atoms with Crippen molar-refractivity contribution in [1.29, 1.82) is 0 Å². The largest absolute Gasteiger partial charge is 0.481 e. The highest BCUT2D eigenvalue weighted by molar-refractivity contribution is 5.77. The maximum absolute atomic E-state index is 12.3. The Morgan fingerprint density at radius 2 is 1.88 bits per heavy atom. The third kappa shape index (κ3) is 3.80. The molecule has 1 atom stereocenters. The smallest absolute Gasteiger partial charge is 0.317 e. The Hall–Kier alpha value is -2.24. The number of carbonyl (C=O) groups excluding carboxylic acids is 1. The van der Waals surface area contributed by atoms with Crippen LogP contribution in [0.25, 0.3) is 0 Å². The summed E-state index contributed by atoms with van der Waals surface area (Å²) in [5, 5.41) is 12.0. The number of anilines is 1. The zero-order valence-corrected chi connectivity index (χ0v) is 13.9. The fraction of sp³-hybridized carbons (Fsp3) is 0.556. The molecule has 2 fully saturated rings. The van der Waals surface area contributed by atoms with Crippen molar-refractivity contribution >= 4 is 17.7 Å². The van der Waals surface area contributed by atoms with E-state index >= 15 is 0 Å². The molecule has 0 bridgehead atoms. The normalized spacial score (nSPS) is 20.9. The summed E-state index contributed by atoms with van der Waals surface area (Å²) in [6.07, 6.45) is 4.25. The van der Waals surface area contributed by atoms with Crippen LogP contribution in [0.1, 0.15) is 31.2 Å². The van der Waals surface area contributed by atoms with Gasteiger partial charge in [0.05, 0.1) is 5.92 Å². The van der Waals surface area contributed by atoms with Crippen molar-refractivity contribution in [3.05, 3.63) is 29.8 Å². The van der Waals surface area contributed by atoms with Gasteiger partial charge < -0.3 is 20.2 Å². The number of amides is 2. The molecule has 0 radical (unpaired) electrons. The maximum Gasteiger partial charge on any atom is 0.317 e. The van der Waals surface area contributed by atoms with Crippen LogP contribution in [0, 0.1) is 5.92 Å². The lowest BCUT2D eigenvalue weighted by molar-refractivity contribution is -0.141. The molecule has 6 nitrogen and oxygen atoms in total. The number of urea groups is 1. The van der Waals surface area contributed by atoms with Gasteiger partial charge in [-0.1, -0.05) is 18.2 Å². The molecule has 2 N–H and O–H groups in total. The number of carbonyl (C=O) groups is 2. The van der Waals surface area contributed by atoms with E-state index in [1.807, 2.05) is 18.2 Å². The Morgan fingerprint density at radius 1 is 1.12 bits per heavy atom. The van der Waals surface area contributed by atoms with Crippen molar-refractivity contribution in [2.45, 2.75) is 32.2 Å². The van der Waals surface area contributed by atoms with Gasteiger partial charge in [-0.25, -0.2) is 4.79 Å². The second-order valence-corrected chi connectivity index (χ2v) is 6.60. The molecule has 2 amide bonds. The first-order valence-corrected chi connectivity index (χ1v) is 8.73. The molecule has 0 spiro atoms. The van der Waals surface area contributed by atoms with Gasteiger partial charge in [0.1, 0.15) is 0 Å². The van der Waals surface area contributed by atoms with Crippen LogP contribution in [0.3, 0.4) is 0 Å². The van der Waals surface area contributed by atoms with Gasteiger partial charge in [-0.05, 0) is 37.3 Å². The van der Waals surface area contributed by atoms with Gasteiger partial charge in [-0.3, -0.25) is 4.79 Å². The molecule has 2 heterocycles. The zero-order chi connectivity index (χ0) is 16.9. The van der Waals surface area contributed by atoms with Crippen LogP contribution in [0.2, 0.25) is 0 Å². The number of hydrogen-bond acceptors (Lipinski definition) is 3. The van der Waals surface area contributed by atoms with Crippen LogP contribution < -0.4 is 10.2 Å². The number of para-hydroxylation sites is 1. The lowest BCUT2D eigenvalue weighted by atomic mass is 10.1. The summed E-state index contributed by atoms with van der Waals surface area (Å²) in [6.45, 7) is 3.42. The van der Waals surface area contributed by atoms with Crippen LogP contribution in [-0.2, 0) is 11.3 Å². The lowest BCUT2D eigenvalue weighted by Crippen LogP contribution is -2.39. The van der Waals surface area contributed by atoms with Gasteiger partial charge in [0, 0.05) is 38.4 Å². The van der Waals surface area contributed by atoms with E-state index in [0.29, 0.717) is 26.1 Å². The average Bonchev–Trinajstić information content (AvgIpc) is 3.11. The Balaban J connectivity index is 1.58. The Morgan fingerprint density at radius 3 is 2.58 bits per heavy atom. The Kier molecular flexibility index (Phi) is 5.23. The van der Waals surface area contributed by atoms with Gasteiger partial charge in [-0.2, -0.15) is 0 Å². The molecular weight excluding hydrogens is 306 g/mol.